The Hall–Kier alpha value is -2.63. The second-order valence-electron chi connectivity index (χ2n) is 5.66. The molecular weight excluding hydrogens is 373 g/mol. The van der Waals surface area contributed by atoms with Crippen molar-refractivity contribution in [2.24, 2.45) is 0 Å². The molecule has 0 saturated carbocycles. The molecule has 3 aromatic rings. The topological polar surface area (TPSA) is 64.0 Å². The molecule has 132 valence electrons. The lowest BCUT2D eigenvalue weighted by molar-refractivity contribution is -0.116. The van der Waals surface area contributed by atoms with Crippen molar-refractivity contribution in [3.63, 3.8) is 0 Å². The summed E-state index contributed by atoms with van der Waals surface area (Å²) in [7, 11) is 0. The molecule has 1 amide bonds. The molecule has 1 heterocycles. The molecule has 0 aliphatic carbocycles. The van der Waals surface area contributed by atoms with Crippen LogP contribution in [0.25, 0.3) is 11.3 Å². The Morgan fingerprint density at radius 3 is 2.46 bits per heavy atom. The number of nitrogens with one attached hydrogen (secondary N) is 1. The number of carbonyl (C=O) groups excluding carboxylic acids is 1. The number of hydrogen-bond donors (Lipinski definition) is 1. The van der Waals surface area contributed by atoms with Gasteiger partial charge in [-0.15, -0.1) is 0 Å². The summed E-state index contributed by atoms with van der Waals surface area (Å²) in [4.78, 5) is 29.1. The molecule has 7 heteroatoms. The largest absolute Gasteiger partial charge is 0.324 e. The van der Waals surface area contributed by atoms with Gasteiger partial charge in [0.2, 0.25) is 5.91 Å². The summed E-state index contributed by atoms with van der Waals surface area (Å²) < 4.78 is 1.32. The number of carbonyl (C=O) groups is 1. The van der Waals surface area contributed by atoms with Crippen molar-refractivity contribution in [3.05, 3.63) is 80.8 Å². The van der Waals surface area contributed by atoms with Crippen LogP contribution in [0, 0.1) is 6.92 Å². The van der Waals surface area contributed by atoms with E-state index in [0.717, 1.165) is 5.56 Å². The van der Waals surface area contributed by atoms with Gasteiger partial charge >= 0.3 is 0 Å². The van der Waals surface area contributed by atoms with Gasteiger partial charge in [-0.3, -0.25) is 14.2 Å². The van der Waals surface area contributed by atoms with Crippen LogP contribution in [0.3, 0.4) is 0 Å². The quantitative estimate of drug-likeness (QED) is 0.730. The van der Waals surface area contributed by atoms with Crippen molar-refractivity contribution in [1.29, 1.82) is 0 Å². The third kappa shape index (κ3) is 4.12. The number of hydrogen-bond acceptors (Lipinski definition) is 3. The van der Waals surface area contributed by atoms with Crippen molar-refractivity contribution in [1.82, 2.24) is 9.55 Å². The zero-order chi connectivity index (χ0) is 18.7. The number of aromatic nitrogens is 2. The monoisotopic (exact) mass is 387 g/mol. The Morgan fingerprint density at radius 1 is 1.08 bits per heavy atom. The highest BCUT2D eigenvalue weighted by Gasteiger charge is 2.11. The number of halogens is 2. The Balaban J connectivity index is 1.80. The first-order chi connectivity index (χ1) is 12.4. The van der Waals surface area contributed by atoms with Gasteiger partial charge in [-0.2, -0.15) is 0 Å². The average Bonchev–Trinajstić information content (AvgIpc) is 2.62. The minimum absolute atomic E-state index is 0.146. The second kappa shape index (κ2) is 7.72. The standard InChI is InChI=1S/C19H15Cl2N3O2/c1-12-22-17(13-5-3-2-4-6-13)10-19(26)24(12)11-18(25)23-14-7-8-15(20)16(21)9-14/h2-10H,11H2,1H3,(H,23,25). The van der Waals surface area contributed by atoms with E-state index in [1.807, 2.05) is 30.3 Å². The zero-order valence-corrected chi connectivity index (χ0v) is 15.4. The molecule has 2 aromatic carbocycles. The zero-order valence-electron chi connectivity index (χ0n) is 13.9. The van der Waals surface area contributed by atoms with E-state index < -0.39 is 0 Å². The molecule has 0 aliphatic heterocycles. The van der Waals surface area contributed by atoms with Crippen LogP contribution in [0.2, 0.25) is 10.0 Å². The fourth-order valence-corrected chi connectivity index (χ4v) is 2.79. The number of amides is 1. The van der Waals surface area contributed by atoms with Crippen molar-refractivity contribution in [3.8, 4) is 11.3 Å². The van der Waals surface area contributed by atoms with Gasteiger partial charge in [0.25, 0.3) is 5.56 Å². The van der Waals surface area contributed by atoms with E-state index in [0.29, 0.717) is 27.3 Å². The van der Waals surface area contributed by atoms with Crippen LogP contribution in [0.1, 0.15) is 5.82 Å². The Bertz CT molecular complexity index is 1020. The van der Waals surface area contributed by atoms with Crippen LogP contribution >= 0.6 is 23.2 Å². The van der Waals surface area contributed by atoms with E-state index in [2.05, 4.69) is 10.3 Å². The first-order valence-corrected chi connectivity index (χ1v) is 8.58. The van der Waals surface area contributed by atoms with Gasteiger partial charge in [0, 0.05) is 17.3 Å². The molecule has 0 aliphatic rings. The molecule has 0 saturated heterocycles. The molecule has 1 aromatic heterocycles. The molecule has 0 atom stereocenters. The van der Waals surface area contributed by atoms with Crippen molar-refractivity contribution in [2.45, 2.75) is 13.5 Å². The van der Waals surface area contributed by atoms with E-state index in [4.69, 9.17) is 23.2 Å². The molecule has 3 rings (SSSR count). The normalized spacial score (nSPS) is 10.6. The number of rotatable bonds is 4. The lowest BCUT2D eigenvalue weighted by atomic mass is 10.1. The Labute approximate surface area is 160 Å². The van der Waals surface area contributed by atoms with Gasteiger partial charge in [-0.1, -0.05) is 53.5 Å². The maximum absolute atomic E-state index is 12.4. The molecule has 0 fully saturated rings. The molecule has 0 spiro atoms. The average molecular weight is 388 g/mol. The van der Waals surface area contributed by atoms with Crippen molar-refractivity contribution in [2.75, 3.05) is 5.32 Å². The van der Waals surface area contributed by atoms with E-state index in [1.165, 1.54) is 10.6 Å². The fraction of sp³-hybridized carbons (Fsp3) is 0.105. The Morgan fingerprint density at radius 2 is 1.81 bits per heavy atom. The first-order valence-electron chi connectivity index (χ1n) is 7.83. The smallest absolute Gasteiger partial charge is 0.254 e. The minimum Gasteiger partial charge on any atom is -0.324 e. The summed E-state index contributed by atoms with van der Waals surface area (Å²) in [6, 6.07) is 15.6. The number of nitrogens with zero attached hydrogens (tertiary/aromatic N) is 2. The van der Waals surface area contributed by atoms with E-state index in [-0.39, 0.29) is 18.0 Å². The predicted molar refractivity (Wildman–Crippen MR) is 104 cm³/mol. The summed E-state index contributed by atoms with van der Waals surface area (Å²) in [6.45, 7) is 1.55. The van der Waals surface area contributed by atoms with Crippen LogP contribution in [0.5, 0.6) is 0 Å². The van der Waals surface area contributed by atoms with E-state index in [1.54, 1.807) is 25.1 Å². The lowest BCUT2D eigenvalue weighted by Crippen LogP contribution is -2.29. The number of aryl methyl sites for hydroxylation is 1. The van der Waals surface area contributed by atoms with Crippen molar-refractivity contribution < 1.29 is 4.79 Å². The summed E-state index contributed by atoms with van der Waals surface area (Å²) in [5.41, 5.74) is 1.64. The maximum Gasteiger partial charge on any atom is 0.254 e. The van der Waals surface area contributed by atoms with Crippen LogP contribution in [-0.2, 0) is 11.3 Å². The highest BCUT2D eigenvalue weighted by atomic mass is 35.5. The summed E-state index contributed by atoms with van der Waals surface area (Å²) in [5, 5.41) is 3.43. The highest BCUT2D eigenvalue weighted by Crippen LogP contribution is 2.25. The van der Waals surface area contributed by atoms with E-state index in [9.17, 15) is 9.59 Å². The van der Waals surface area contributed by atoms with Gasteiger partial charge in [-0.05, 0) is 25.1 Å². The maximum atomic E-state index is 12.4. The number of benzene rings is 2. The predicted octanol–water partition coefficient (Wildman–Crippen LogP) is 4.16. The number of anilines is 1. The van der Waals surface area contributed by atoms with Crippen LogP contribution in [0.4, 0.5) is 5.69 Å². The first kappa shape index (κ1) is 18.2. The SMILES string of the molecule is Cc1nc(-c2ccccc2)cc(=O)n1CC(=O)Nc1ccc(Cl)c(Cl)c1. The van der Waals surface area contributed by atoms with Crippen LogP contribution < -0.4 is 10.9 Å². The molecule has 0 bridgehead atoms. The third-order valence-electron chi connectivity index (χ3n) is 3.77. The van der Waals surface area contributed by atoms with Gasteiger partial charge < -0.3 is 5.32 Å². The molecule has 0 radical (unpaired) electrons. The van der Waals surface area contributed by atoms with E-state index >= 15 is 0 Å². The minimum atomic E-state index is -0.358. The van der Waals surface area contributed by atoms with Gasteiger partial charge in [-0.25, -0.2) is 4.98 Å². The summed E-state index contributed by atoms with van der Waals surface area (Å²) >= 11 is 11.8. The fourth-order valence-electron chi connectivity index (χ4n) is 2.49. The van der Waals surface area contributed by atoms with Crippen LogP contribution in [-0.4, -0.2) is 15.5 Å². The summed E-state index contributed by atoms with van der Waals surface area (Å²) in [6.07, 6.45) is 0. The second-order valence-corrected chi connectivity index (χ2v) is 6.47. The molecule has 0 unspecified atom stereocenters. The van der Waals surface area contributed by atoms with Gasteiger partial charge in [0.1, 0.15) is 12.4 Å². The Kier molecular flexibility index (Phi) is 5.40. The highest BCUT2D eigenvalue weighted by molar-refractivity contribution is 6.42. The molecule has 5 nitrogen and oxygen atoms in total. The van der Waals surface area contributed by atoms with Gasteiger partial charge in [0.05, 0.1) is 15.7 Å². The van der Waals surface area contributed by atoms with Crippen molar-refractivity contribution >= 4 is 34.8 Å². The molecular formula is C19H15Cl2N3O2. The third-order valence-corrected chi connectivity index (χ3v) is 4.51. The summed E-state index contributed by atoms with van der Waals surface area (Å²) in [5.74, 6) is 0.100. The van der Waals surface area contributed by atoms with Crippen LogP contribution in [0.15, 0.2) is 59.4 Å². The molecule has 1 N–H and O–H groups in total. The lowest BCUT2D eigenvalue weighted by Gasteiger charge is -2.11. The van der Waals surface area contributed by atoms with Gasteiger partial charge in [0.15, 0.2) is 0 Å². The molecule has 26 heavy (non-hydrogen) atoms.